The second kappa shape index (κ2) is 5.59. The van der Waals surface area contributed by atoms with Crippen LogP contribution in [0.5, 0.6) is 0 Å². The van der Waals surface area contributed by atoms with E-state index in [-0.39, 0.29) is 30.1 Å². The fourth-order valence-corrected chi connectivity index (χ4v) is 4.59. The van der Waals surface area contributed by atoms with Gasteiger partial charge in [-0.2, -0.15) is 0 Å². The largest absolute Gasteiger partial charge is 0.481 e. The molecule has 2 saturated heterocycles. The van der Waals surface area contributed by atoms with Gasteiger partial charge in [-0.15, -0.1) is 0 Å². The maximum Gasteiger partial charge on any atom is 0.320 e. The van der Waals surface area contributed by atoms with Crippen molar-refractivity contribution in [2.24, 2.45) is 5.92 Å². The highest BCUT2D eigenvalue weighted by Gasteiger charge is 2.36. The lowest BCUT2D eigenvalue weighted by atomic mass is 9.98. The highest BCUT2D eigenvalue weighted by Crippen LogP contribution is 2.21. The Bertz CT molecular complexity index is 504. The summed E-state index contributed by atoms with van der Waals surface area (Å²) in [5, 5.41) is 9.03. The summed E-state index contributed by atoms with van der Waals surface area (Å²) in [7, 11) is -1.44. The first-order valence-corrected chi connectivity index (χ1v) is 8.57. The van der Waals surface area contributed by atoms with Crippen LogP contribution in [-0.4, -0.2) is 73.0 Å². The van der Waals surface area contributed by atoms with Crippen LogP contribution in [0.3, 0.4) is 0 Å². The van der Waals surface area contributed by atoms with Gasteiger partial charge in [0.15, 0.2) is 9.84 Å². The predicted molar refractivity (Wildman–Crippen MR) is 72.2 cm³/mol. The van der Waals surface area contributed by atoms with Crippen molar-refractivity contribution >= 4 is 21.8 Å². The van der Waals surface area contributed by atoms with Gasteiger partial charge >= 0.3 is 12.0 Å². The van der Waals surface area contributed by atoms with E-state index in [1.165, 1.54) is 9.80 Å². The number of aliphatic carboxylic acids is 1. The van der Waals surface area contributed by atoms with Gasteiger partial charge < -0.3 is 14.9 Å². The first-order valence-electron chi connectivity index (χ1n) is 6.75. The van der Waals surface area contributed by atoms with Gasteiger partial charge in [-0.05, 0) is 19.3 Å². The number of amides is 2. The Kier molecular flexibility index (Phi) is 4.22. The molecule has 2 amide bonds. The number of hydrogen-bond acceptors (Lipinski definition) is 4. The molecule has 2 aliphatic rings. The molecule has 0 aromatic carbocycles. The van der Waals surface area contributed by atoms with Crippen molar-refractivity contribution in [2.45, 2.75) is 25.3 Å². The summed E-state index contributed by atoms with van der Waals surface area (Å²) in [6.07, 6.45) is 1.71. The molecule has 8 heteroatoms. The Labute approximate surface area is 118 Å². The van der Waals surface area contributed by atoms with Crippen molar-refractivity contribution in [3.8, 4) is 0 Å². The van der Waals surface area contributed by atoms with Crippen LogP contribution in [0.4, 0.5) is 4.79 Å². The Morgan fingerprint density at radius 2 is 2.00 bits per heavy atom. The number of piperidine rings is 1. The van der Waals surface area contributed by atoms with E-state index in [9.17, 15) is 18.0 Å². The van der Waals surface area contributed by atoms with Crippen molar-refractivity contribution in [3.63, 3.8) is 0 Å². The van der Waals surface area contributed by atoms with Gasteiger partial charge in [0.25, 0.3) is 0 Å². The van der Waals surface area contributed by atoms with Crippen LogP contribution in [0, 0.1) is 5.92 Å². The van der Waals surface area contributed by atoms with Crippen LogP contribution >= 0.6 is 0 Å². The number of carbonyl (C=O) groups is 2. The van der Waals surface area contributed by atoms with E-state index in [0.717, 1.165) is 0 Å². The minimum absolute atomic E-state index is 0.00540. The molecular weight excluding hydrogens is 284 g/mol. The number of sulfone groups is 1. The summed E-state index contributed by atoms with van der Waals surface area (Å²) in [6, 6.07) is -0.559. The van der Waals surface area contributed by atoms with Crippen molar-refractivity contribution in [3.05, 3.63) is 0 Å². The van der Waals surface area contributed by atoms with Gasteiger partial charge in [-0.3, -0.25) is 4.79 Å². The van der Waals surface area contributed by atoms with Gasteiger partial charge in [0.1, 0.15) is 0 Å². The molecule has 0 aromatic rings. The molecule has 0 radical (unpaired) electrons. The predicted octanol–water partition coefficient (Wildman–Crippen LogP) is 0.0219. The highest BCUT2D eigenvalue weighted by atomic mass is 32.2. The Morgan fingerprint density at radius 1 is 1.30 bits per heavy atom. The zero-order valence-electron chi connectivity index (χ0n) is 11.5. The first-order chi connectivity index (χ1) is 9.30. The Hall–Kier alpha value is -1.31. The van der Waals surface area contributed by atoms with E-state index in [1.54, 1.807) is 7.05 Å². The Balaban J connectivity index is 1.98. The molecule has 2 fully saturated rings. The summed E-state index contributed by atoms with van der Waals surface area (Å²) in [5.74, 6) is -1.28. The molecule has 0 bridgehead atoms. The number of carboxylic acid groups (broad SMARTS) is 1. The zero-order chi connectivity index (χ0) is 14.9. The van der Waals surface area contributed by atoms with Gasteiger partial charge in [-0.25, -0.2) is 13.2 Å². The van der Waals surface area contributed by atoms with E-state index in [1.807, 2.05) is 0 Å². The lowest BCUT2D eigenvalue weighted by Crippen LogP contribution is -2.50. The normalized spacial score (nSPS) is 29.1. The lowest BCUT2D eigenvalue weighted by Gasteiger charge is -2.35. The van der Waals surface area contributed by atoms with E-state index in [2.05, 4.69) is 0 Å². The monoisotopic (exact) mass is 304 g/mol. The third-order valence-corrected chi connectivity index (χ3v) is 5.85. The molecule has 0 aromatic heterocycles. The zero-order valence-corrected chi connectivity index (χ0v) is 12.3. The van der Waals surface area contributed by atoms with E-state index in [0.29, 0.717) is 25.8 Å². The molecule has 2 heterocycles. The van der Waals surface area contributed by atoms with Gasteiger partial charge in [0.05, 0.1) is 17.4 Å². The standard InChI is InChI=1S/C12H20N2O5S/c1-13(10-4-6-20(18,19)8-10)12(17)14-5-2-3-9(7-14)11(15)16/h9-10H,2-8H2,1H3,(H,15,16). The van der Waals surface area contributed by atoms with Crippen LogP contribution in [0.2, 0.25) is 0 Å². The Morgan fingerprint density at radius 3 is 2.55 bits per heavy atom. The summed E-state index contributed by atoms with van der Waals surface area (Å²) >= 11 is 0. The summed E-state index contributed by atoms with van der Waals surface area (Å²) < 4.78 is 22.9. The molecule has 2 aliphatic heterocycles. The van der Waals surface area contributed by atoms with Crippen LogP contribution in [-0.2, 0) is 14.6 Å². The van der Waals surface area contributed by atoms with Crippen molar-refractivity contribution < 1.29 is 23.1 Å². The van der Waals surface area contributed by atoms with Crippen molar-refractivity contribution in [2.75, 3.05) is 31.6 Å². The number of likely N-dealkylation sites (tertiary alicyclic amines) is 1. The van der Waals surface area contributed by atoms with Gasteiger partial charge in [0.2, 0.25) is 0 Å². The van der Waals surface area contributed by atoms with E-state index < -0.39 is 21.7 Å². The number of carboxylic acids is 1. The van der Waals surface area contributed by atoms with Crippen molar-refractivity contribution in [1.82, 2.24) is 9.80 Å². The number of urea groups is 1. The average molecular weight is 304 g/mol. The molecule has 2 atom stereocenters. The van der Waals surface area contributed by atoms with Crippen LogP contribution < -0.4 is 0 Å². The highest BCUT2D eigenvalue weighted by molar-refractivity contribution is 7.91. The van der Waals surface area contributed by atoms with Crippen LogP contribution in [0.15, 0.2) is 0 Å². The second-order valence-corrected chi connectivity index (χ2v) is 7.80. The van der Waals surface area contributed by atoms with Crippen LogP contribution in [0.25, 0.3) is 0 Å². The third-order valence-electron chi connectivity index (χ3n) is 4.10. The average Bonchev–Trinajstić information content (AvgIpc) is 2.77. The topological polar surface area (TPSA) is 95.0 Å². The van der Waals surface area contributed by atoms with Gasteiger partial charge in [-0.1, -0.05) is 0 Å². The number of hydrogen-bond donors (Lipinski definition) is 1. The number of rotatable bonds is 2. The van der Waals surface area contributed by atoms with Gasteiger partial charge in [0, 0.05) is 26.2 Å². The smallest absolute Gasteiger partial charge is 0.320 e. The van der Waals surface area contributed by atoms with Crippen molar-refractivity contribution in [1.29, 1.82) is 0 Å². The minimum Gasteiger partial charge on any atom is -0.481 e. The molecular formula is C12H20N2O5S. The molecule has 7 nitrogen and oxygen atoms in total. The molecule has 2 rings (SSSR count). The van der Waals surface area contributed by atoms with E-state index in [4.69, 9.17) is 5.11 Å². The summed E-state index contributed by atoms with van der Waals surface area (Å²) in [4.78, 5) is 26.3. The maximum absolute atomic E-state index is 12.3. The fourth-order valence-electron chi connectivity index (χ4n) is 2.81. The SMILES string of the molecule is CN(C(=O)N1CCCC(C(=O)O)C1)C1CCS(=O)(=O)C1. The fraction of sp³-hybridized carbons (Fsp3) is 0.833. The minimum atomic E-state index is -3.04. The summed E-state index contributed by atoms with van der Waals surface area (Å²) in [6.45, 7) is 0.740. The molecule has 0 saturated carbocycles. The quantitative estimate of drug-likeness (QED) is 0.776. The lowest BCUT2D eigenvalue weighted by molar-refractivity contribution is -0.143. The molecule has 0 aliphatic carbocycles. The second-order valence-electron chi connectivity index (χ2n) is 5.57. The first kappa shape index (κ1) is 15.1. The summed E-state index contributed by atoms with van der Waals surface area (Å²) in [5.41, 5.74) is 0. The third kappa shape index (κ3) is 3.23. The maximum atomic E-state index is 12.3. The number of nitrogens with zero attached hydrogens (tertiary/aromatic N) is 2. The number of carbonyl (C=O) groups excluding carboxylic acids is 1. The molecule has 20 heavy (non-hydrogen) atoms. The van der Waals surface area contributed by atoms with Crippen LogP contribution in [0.1, 0.15) is 19.3 Å². The molecule has 2 unspecified atom stereocenters. The molecule has 0 spiro atoms. The molecule has 1 N–H and O–H groups in total. The molecule has 114 valence electrons. The van der Waals surface area contributed by atoms with E-state index >= 15 is 0 Å².